The number of carbonyl (C=O) groups excluding carboxylic acids is 1. The molecule has 76 valence electrons. The molecular weight excluding hydrogens is 202 g/mol. The molecule has 3 nitrogen and oxygen atoms in total. The number of nitrogens with one attached hydrogen (secondary N) is 1. The van der Waals surface area contributed by atoms with Gasteiger partial charge in [-0.15, -0.1) is 0 Å². The van der Waals surface area contributed by atoms with Crippen molar-refractivity contribution in [3.05, 3.63) is 34.3 Å². The predicted molar refractivity (Wildman–Crippen MR) is 55.3 cm³/mol. The van der Waals surface area contributed by atoms with Crippen molar-refractivity contribution >= 4 is 17.5 Å². The van der Waals surface area contributed by atoms with Crippen molar-refractivity contribution in [1.82, 2.24) is 5.48 Å². The van der Waals surface area contributed by atoms with E-state index in [1.54, 1.807) is 25.1 Å². The summed E-state index contributed by atoms with van der Waals surface area (Å²) in [6, 6.07) is 5.16. The second kappa shape index (κ2) is 4.98. The summed E-state index contributed by atoms with van der Waals surface area (Å²) in [5, 5.41) is 0.539. The van der Waals surface area contributed by atoms with Crippen LogP contribution in [-0.4, -0.2) is 12.5 Å². The minimum Gasteiger partial charge on any atom is -0.274 e. The van der Waals surface area contributed by atoms with Crippen molar-refractivity contribution < 1.29 is 9.63 Å². The fraction of sp³-hybridized carbons (Fsp3) is 0.300. The van der Waals surface area contributed by atoms with Gasteiger partial charge in [0.15, 0.2) is 0 Å². The maximum absolute atomic E-state index is 11.5. The first-order valence-electron chi connectivity index (χ1n) is 4.33. The molecule has 0 bridgehead atoms. The highest BCUT2D eigenvalue weighted by atomic mass is 35.5. The van der Waals surface area contributed by atoms with Crippen LogP contribution in [0.3, 0.4) is 0 Å². The van der Waals surface area contributed by atoms with Crippen LogP contribution in [0.1, 0.15) is 22.8 Å². The number of halogens is 1. The van der Waals surface area contributed by atoms with Crippen LogP contribution < -0.4 is 5.48 Å². The lowest BCUT2D eigenvalue weighted by atomic mass is 10.1. The Kier molecular flexibility index (Phi) is 3.92. The van der Waals surface area contributed by atoms with Gasteiger partial charge >= 0.3 is 0 Å². The molecule has 4 heteroatoms. The lowest BCUT2D eigenvalue weighted by Gasteiger charge is -2.06. The first-order valence-corrected chi connectivity index (χ1v) is 4.71. The molecule has 0 radical (unpaired) electrons. The first kappa shape index (κ1) is 11.0. The van der Waals surface area contributed by atoms with Crippen molar-refractivity contribution in [2.75, 3.05) is 6.61 Å². The van der Waals surface area contributed by atoms with Gasteiger partial charge in [0.25, 0.3) is 5.91 Å². The second-order valence-corrected chi connectivity index (χ2v) is 3.26. The van der Waals surface area contributed by atoms with E-state index in [1.165, 1.54) is 0 Å². The molecule has 0 atom stereocenters. The zero-order valence-electron chi connectivity index (χ0n) is 8.13. The Balaban J connectivity index is 2.83. The van der Waals surface area contributed by atoms with Crippen LogP contribution in [0, 0.1) is 6.92 Å². The third-order valence-corrected chi connectivity index (χ3v) is 1.99. The number of hydrogen-bond acceptors (Lipinski definition) is 2. The molecule has 1 aromatic rings. The fourth-order valence-corrected chi connectivity index (χ4v) is 1.20. The Morgan fingerprint density at radius 2 is 2.29 bits per heavy atom. The molecule has 0 aliphatic heterocycles. The summed E-state index contributed by atoms with van der Waals surface area (Å²) in [5.41, 5.74) is 3.72. The highest BCUT2D eigenvalue weighted by molar-refractivity contribution is 6.31. The molecule has 0 heterocycles. The molecule has 1 rings (SSSR count). The summed E-state index contributed by atoms with van der Waals surface area (Å²) in [7, 11) is 0. The topological polar surface area (TPSA) is 38.3 Å². The molecule has 0 aliphatic rings. The molecule has 0 unspecified atom stereocenters. The van der Waals surface area contributed by atoms with E-state index < -0.39 is 0 Å². The van der Waals surface area contributed by atoms with E-state index in [0.29, 0.717) is 17.2 Å². The molecule has 0 spiro atoms. The minimum atomic E-state index is -0.271. The average molecular weight is 214 g/mol. The summed E-state index contributed by atoms with van der Waals surface area (Å²) < 4.78 is 0. The highest BCUT2D eigenvalue weighted by Crippen LogP contribution is 2.15. The van der Waals surface area contributed by atoms with E-state index in [4.69, 9.17) is 16.4 Å². The summed E-state index contributed by atoms with van der Waals surface area (Å²) in [6.45, 7) is 4.08. The smallest absolute Gasteiger partial charge is 0.274 e. The molecule has 0 saturated heterocycles. The van der Waals surface area contributed by atoms with E-state index in [9.17, 15) is 4.79 Å². The lowest BCUT2D eigenvalue weighted by Crippen LogP contribution is -2.24. The van der Waals surface area contributed by atoms with E-state index in [2.05, 4.69) is 5.48 Å². The van der Waals surface area contributed by atoms with Crippen LogP contribution in [0.25, 0.3) is 0 Å². The normalized spacial score (nSPS) is 9.93. The van der Waals surface area contributed by atoms with Gasteiger partial charge in [-0.2, -0.15) is 0 Å². The minimum absolute atomic E-state index is 0.271. The Morgan fingerprint density at radius 3 is 2.93 bits per heavy atom. The SMILES string of the molecule is CCONC(=O)c1cc(Cl)ccc1C. The molecule has 1 amide bonds. The molecule has 0 aliphatic carbocycles. The first-order chi connectivity index (χ1) is 6.65. The van der Waals surface area contributed by atoms with Gasteiger partial charge in [-0.05, 0) is 31.5 Å². The molecule has 1 N–H and O–H groups in total. The number of rotatable bonds is 3. The quantitative estimate of drug-likeness (QED) is 0.783. The van der Waals surface area contributed by atoms with Crippen LogP contribution in [-0.2, 0) is 4.84 Å². The maximum atomic E-state index is 11.5. The summed E-state index contributed by atoms with van der Waals surface area (Å²) in [4.78, 5) is 16.3. The number of benzene rings is 1. The largest absolute Gasteiger partial charge is 0.275 e. The zero-order chi connectivity index (χ0) is 10.6. The van der Waals surface area contributed by atoms with Gasteiger partial charge in [-0.25, -0.2) is 5.48 Å². The van der Waals surface area contributed by atoms with E-state index in [-0.39, 0.29) is 5.91 Å². The van der Waals surface area contributed by atoms with Crippen molar-refractivity contribution in [1.29, 1.82) is 0 Å². The van der Waals surface area contributed by atoms with Gasteiger partial charge < -0.3 is 0 Å². The highest BCUT2D eigenvalue weighted by Gasteiger charge is 2.08. The van der Waals surface area contributed by atoms with Gasteiger partial charge in [-0.1, -0.05) is 17.7 Å². The molecule has 0 fully saturated rings. The van der Waals surface area contributed by atoms with E-state index in [0.717, 1.165) is 5.56 Å². The van der Waals surface area contributed by atoms with Gasteiger partial charge in [0.05, 0.1) is 6.61 Å². The van der Waals surface area contributed by atoms with Crippen molar-refractivity contribution in [2.24, 2.45) is 0 Å². The third kappa shape index (κ3) is 2.72. The predicted octanol–water partition coefficient (Wildman–Crippen LogP) is 2.33. The van der Waals surface area contributed by atoms with Crippen LogP contribution >= 0.6 is 11.6 Å². The molecule has 14 heavy (non-hydrogen) atoms. The van der Waals surface area contributed by atoms with Gasteiger partial charge in [-0.3, -0.25) is 9.63 Å². The van der Waals surface area contributed by atoms with Crippen LogP contribution in [0.5, 0.6) is 0 Å². The Hall–Kier alpha value is -1.06. The molecule has 0 aromatic heterocycles. The van der Waals surface area contributed by atoms with Crippen molar-refractivity contribution in [3.63, 3.8) is 0 Å². The maximum Gasteiger partial charge on any atom is 0.275 e. The average Bonchev–Trinajstić information content (AvgIpc) is 2.18. The van der Waals surface area contributed by atoms with Gasteiger partial charge in [0, 0.05) is 10.6 Å². The Labute approximate surface area is 88.0 Å². The van der Waals surface area contributed by atoms with E-state index in [1.807, 2.05) is 6.92 Å². The van der Waals surface area contributed by atoms with Crippen LogP contribution in [0.15, 0.2) is 18.2 Å². The standard InChI is InChI=1S/C10H12ClNO2/c1-3-14-12-10(13)9-6-8(11)5-4-7(9)2/h4-6H,3H2,1-2H3,(H,12,13). The summed E-state index contributed by atoms with van der Waals surface area (Å²) in [6.07, 6.45) is 0. The molecular formula is C10H12ClNO2. The Morgan fingerprint density at radius 1 is 1.57 bits per heavy atom. The Bertz CT molecular complexity index is 339. The number of amides is 1. The molecule has 0 saturated carbocycles. The third-order valence-electron chi connectivity index (χ3n) is 1.75. The number of hydrogen-bond donors (Lipinski definition) is 1. The summed E-state index contributed by atoms with van der Waals surface area (Å²) >= 11 is 5.77. The lowest BCUT2D eigenvalue weighted by molar-refractivity contribution is 0.0364. The van der Waals surface area contributed by atoms with Crippen molar-refractivity contribution in [2.45, 2.75) is 13.8 Å². The summed E-state index contributed by atoms with van der Waals surface area (Å²) in [5.74, 6) is -0.271. The van der Waals surface area contributed by atoms with Crippen LogP contribution in [0.4, 0.5) is 0 Å². The second-order valence-electron chi connectivity index (χ2n) is 2.82. The van der Waals surface area contributed by atoms with Crippen LogP contribution in [0.2, 0.25) is 5.02 Å². The number of aryl methyl sites for hydroxylation is 1. The molecule has 1 aromatic carbocycles. The van der Waals surface area contributed by atoms with Gasteiger partial charge in [0.2, 0.25) is 0 Å². The number of carbonyl (C=O) groups is 1. The van der Waals surface area contributed by atoms with Gasteiger partial charge in [0.1, 0.15) is 0 Å². The zero-order valence-corrected chi connectivity index (χ0v) is 8.89. The fourth-order valence-electron chi connectivity index (χ4n) is 1.03. The monoisotopic (exact) mass is 213 g/mol. The van der Waals surface area contributed by atoms with E-state index >= 15 is 0 Å². The number of hydroxylamine groups is 1. The van der Waals surface area contributed by atoms with Crippen molar-refractivity contribution in [3.8, 4) is 0 Å².